The molecule has 0 aliphatic carbocycles. The Bertz CT molecular complexity index is 300. The van der Waals surface area contributed by atoms with Crippen LogP contribution < -0.4 is 0 Å². The predicted molar refractivity (Wildman–Crippen MR) is 50.5 cm³/mol. The molecular weight excluding hydrogens is 151 g/mol. The zero-order valence-electron chi connectivity index (χ0n) is 7.52. The largest absolute Gasteiger partial charge is 0.207 e. The van der Waals surface area contributed by atoms with Crippen molar-refractivity contribution in [2.75, 3.05) is 0 Å². The van der Waals surface area contributed by atoms with Crippen molar-refractivity contribution in [1.82, 2.24) is 0 Å². The Hall–Kier alpha value is -1.11. The highest BCUT2D eigenvalue weighted by Gasteiger charge is 2.01. The van der Waals surface area contributed by atoms with Crippen molar-refractivity contribution in [3.63, 3.8) is 0 Å². The molecule has 1 aromatic carbocycles. The van der Waals surface area contributed by atoms with E-state index in [0.29, 0.717) is 0 Å². The van der Waals surface area contributed by atoms with Gasteiger partial charge in [0.05, 0.1) is 0 Å². The zero-order valence-corrected chi connectivity index (χ0v) is 7.52. The molecule has 0 amide bonds. The average Bonchev–Trinajstić information content (AvgIpc) is 2.05. The monoisotopic (exact) mass is 164 g/mol. The minimum atomic E-state index is -0.123. The Morgan fingerprint density at radius 3 is 2.67 bits per heavy atom. The van der Waals surface area contributed by atoms with Gasteiger partial charge in [0.15, 0.2) is 0 Å². The lowest BCUT2D eigenvalue weighted by atomic mass is 10.0. The Balaban J connectivity index is 3.13. The van der Waals surface area contributed by atoms with E-state index in [-0.39, 0.29) is 5.82 Å². The topological polar surface area (TPSA) is 0 Å². The molecule has 0 nitrogen and oxygen atoms in total. The highest BCUT2D eigenvalue weighted by molar-refractivity contribution is 5.61. The van der Waals surface area contributed by atoms with Gasteiger partial charge in [-0.3, -0.25) is 0 Å². The molecule has 0 saturated heterocycles. The van der Waals surface area contributed by atoms with Gasteiger partial charge in [0.1, 0.15) is 5.82 Å². The van der Waals surface area contributed by atoms with Crippen LogP contribution >= 0.6 is 0 Å². The number of hydrogen-bond donors (Lipinski definition) is 0. The van der Waals surface area contributed by atoms with E-state index in [1.165, 1.54) is 6.07 Å². The Morgan fingerprint density at radius 2 is 2.17 bits per heavy atom. The molecule has 0 radical (unpaired) electrons. The van der Waals surface area contributed by atoms with E-state index in [2.05, 4.69) is 6.58 Å². The van der Waals surface area contributed by atoms with Gasteiger partial charge in [-0.15, -0.1) is 0 Å². The first kappa shape index (κ1) is 8.98. The summed E-state index contributed by atoms with van der Waals surface area (Å²) >= 11 is 0. The van der Waals surface area contributed by atoms with Gasteiger partial charge in [0.2, 0.25) is 0 Å². The molecule has 1 heteroatoms. The summed E-state index contributed by atoms with van der Waals surface area (Å²) in [6, 6.07) is 5.12. The normalized spacial score (nSPS) is 9.92. The Labute approximate surface area is 72.7 Å². The molecule has 12 heavy (non-hydrogen) atoms. The molecule has 0 aliphatic heterocycles. The van der Waals surface area contributed by atoms with Gasteiger partial charge in [-0.1, -0.05) is 25.1 Å². The molecule has 0 fully saturated rings. The summed E-state index contributed by atoms with van der Waals surface area (Å²) in [5.74, 6) is -0.123. The molecule has 0 unspecified atom stereocenters. The molecule has 0 bridgehead atoms. The van der Waals surface area contributed by atoms with Gasteiger partial charge in [-0.25, -0.2) is 4.39 Å². The highest BCUT2D eigenvalue weighted by Crippen LogP contribution is 2.16. The molecular formula is C11H13F. The van der Waals surface area contributed by atoms with E-state index < -0.39 is 0 Å². The summed E-state index contributed by atoms with van der Waals surface area (Å²) in [6.45, 7) is 7.68. The number of allylic oxidation sites excluding steroid dienone is 1. The van der Waals surface area contributed by atoms with E-state index >= 15 is 0 Å². The quantitative estimate of drug-likeness (QED) is 0.628. The zero-order chi connectivity index (χ0) is 9.14. The van der Waals surface area contributed by atoms with Crippen LogP contribution in [0.15, 0.2) is 24.8 Å². The van der Waals surface area contributed by atoms with Gasteiger partial charge >= 0.3 is 0 Å². The smallest absolute Gasteiger partial charge is 0.126 e. The average molecular weight is 164 g/mol. The van der Waals surface area contributed by atoms with E-state index in [1.54, 1.807) is 6.07 Å². The molecule has 1 aromatic rings. The second-order valence-corrected chi connectivity index (χ2v) is 2.94. The number of rotatable bonds is 2. The maximum absolute atomic E-state index is 13.0. The lowest BCUT2D eigenvalue weighted by molar-refractivity contribution is 0.612. The molecule has 0 N–H and O–H groups in total. The van der Waals surface area contributed by atoms with Crippen molar-refractivity contribution in [3.05, 3.63) is 41.7 Å². The third-order valence-corrected chi connectivity index (χ3v) is 1.92. The number of hydrogen-bond acceptors (Lipinski definition) is 0. The third-order valence-electron chi connectivity index (χ3n) is 1.92. The van der Waals surface area contributed by atoms with Crippen LogP contribution in [0.5, 0.6) is 0 Å². The summed E-state index contributed by atoms with van der Waals surface area (Å²) in [5.41, 5.74) is 2.76. The molecule has 0 spiro atoms. The Morgan fingerprint density at radius 1 is 1.50 bits per heavy atom. The van der Waals surface area contributed by atoms with E-state index in [9.17, 15) is 4.39 Å². The van der Waals surface area contributed by atoms with E-state index in [0.717, 1.165) is 23.1 Å². The molecule has 64 valence electrons. The Kier molecular flexibility index (Phi) is 2.64. The lowest BCUT2D eigenvalue weighted by Crippen LogP contribution is -1.89. The van der Waals surface area contributed by atoms with E-state index in [4.69, 9.17) is 0 Å². The van der Waals surface area contributed by atoms with Crippen LogP contribution in [0.4, 0.5) is 4.39 Å². The van der Waals surface area contributed by atoms with Crippen molar-refractivity contribution >= 4 is 5.57 Å². The minimum absolute atomic E-state index is 0.123. The predicted octanol–water partition coefficient (Wildman–Crippen LogP) is 3.42. The van der Waals surface area contributed by atoms with Crippen molar-refractivity contribution in [2.45, 2.75) is 20.3 Å². The summed E-state index contributed by atoms with van der Waals surface area (Å²) in [6.07, 6.45) is 0.729. The first-order valence-corrected chi connectivity index (χ1v) is 4.09. The van der Waals surface area contributed by atoms with Crippen molar-refractivity contribution < 1.29 is 4.39 Å². The van der Waals surface area contributed by atoms with Crippen molar-refractivity contribution in [1.29, 1.82) is 0 Å². The first-order valence-electron chi connectivity index (χ1n) is 4.09. The highest BCUT2D eigenvalue weighted by atomic mass is 19.1. The van der Waals surface area contributed by atoms with Crippen LogP contribution in [0, 0.1) is 5.82 Å². The minimum Gasteiger partial charge on any atom is -0.207 e. The van der Waals surface area contributed by atoms with Crippen LogP contribution in [0.25, 0.3) is 5.57 Å². The van der Waals surface area contributed by atoms with Crippen LogP contribution in [-0.4, -0.2) is 0 Å². The molecule has 1 rings (SSSR count). The van der Waals surface area contributed by atoms with Gasteiger partial charge in [-0.05, 0) is 36.6 Å². The van der Waals surface area contributed by atoms with Crippen LogP contribution in [-0.2, 0) is 6.42 Å². The van der Waals surface area contributed by atoms with Crippen LogP contribution in [0.2, 0.25) is 0 Å². The summed E-state index contributed by atoms with van der Waals surface area (Å²) in [5, 5.41) is 0. The SMILES string of the molecule is C=C(C)c1ccc(F)c(CC)c1. The fraction of sp³-hybridized carbons (Fsp3) is 0.273. The summed E-state index contributed by atoms with van der Waals surface area (Å²) < 4.78 is 13.0. The van der Waals surface area contributed by atoms with Gasteiger partial charge in [0, 0.05) is 0 Å². The molecule has 0 aromatic heterocycles. The third kappa shape index (κ3) is 1.73. The lowest BCUT2D eigenvalue weighted by Gasteiger charge is -2.03. The van der Waals surface area contributed by atoms with Gasteiger partial charge < -0.3 is 0 Å². The van der Waals surface area contributed by atoms with E-state index in [1.807, 2.05) is 19.9 Å². The van der Waals surface area contributed by atoms with Crippen LogP contribution in [0.3, 0.4) is 0 Å². The first-order chi connectivity index (χ1) is 5.65. The second kappa shape index (κ2) is 3.53. The maximum atomic E-state index is 13.0. The summed E-state index contributed by atoms with van der Waals surface area (Å²) in [4.78, 5) is 0. The second-order valence-electron chi connectivity index (χ2n) is 2.94. The maximum Gasteiger partial charge on any atom is 0.126 e. The van der Waals surface area contributed by atoms with Crippen molar-refractivity contribution in [3.8, 4) is 0 Å². The molecule has 0 atom stereocenters. The fourth-order valence-electron chi connectivity index (χ4n) is 1.11. The van der Waals surface area contributed by atoms with Crippen LogP contribution in [0.1, 0.15) is 25.0 Å². The van der Waals surface area contributed by atoms with Gasteiger partial charge in [0.25, 0.3) is 0 Å². The van der Waals surface area contributed by atoms with Crippen molar-refractivity contribution in [2.24, 2.45) is 0 Å². The number of halogens is 1. The molecule has 0 heterocycles. The summed E-state index contributed by atoms with van der Waals surface area (Å²) in [7, 11) is 0. The molecule has 0 aliphatic rings. The number of benzene rings is 1. The van der Waals surface area contributed by atoms with Gasteiger partial charge in [-0.2, -0.15) is 0 Å². The fourth-order valence-corrected chi connectivity index (χ4v) is 1.11. The molecule has 0 saturated carbocycles. The standard InChI is InChI=1S/C11H13F/c1-4-9-7-10(8(2)3)5-6-11(9)12/h5-7H,2,4H2,1,3H3. The number of aryl methyl sites for hydroxylation is 1.